The number of anilines is 2. The fraction of sp³-hybridized carbons (Fsp3) is 0.133. The number of halogens is 1. The molecule has 1 amide bonds. The summed E-state index contributed by atoms with van der Waals surface area (Å²) in [5.74, 6) is -0.779. The van der Waals surface area contributed by atoms with Crippen LogP contribution in [0, 0.1) is 22.9 Å². The van der Waals surface area contributed by atoms with Crippen LogP contribution in [0.1, 0.15) is 5.56 Å². The molecule has 0 heterocycles. The normalized spacial score (nSPS) is 10.1. The maximum Gasteiger partial charge on any atom is 0.271 e. The van der Waals surface area contributed by atoms with Gasteiger partial charge in [-0.1, -0.05) is 12.1 Å². The minimum atomic E-state index is -0.514. The van der Waals surface area contributed by atoms with E-state index in [1.165, 1.54) is 24.3 Å². The van der Waals surface area contributed by atoms with Gasteiger partial charge in [0.25, 0.3) is 5.69 Å². The summed E-state index contributed by atoms with van der Waals surface area (Å²) in [5.41, 5.74) is 1.24. The van der Waals surface area contributed by atoms with E-state index in [1.807, 2.05) is 0 Å². The van der Waals surface area contributed by atoms with Gasteiger partial charge < -0.3 is 10.6 Å². The van der Waals surface area contributed by atoms with Crippen LogP contribution >= 0.6 is 0 Å². The van der Waals surface area contributed by atoms with Gasteiger partial charge in [-0.05, 0) is 30.7 Å². The Morgan fingerprint density at radius 2 is 2.00 bits per heavy atom. The Bertz CT molecular complexity index is 719. The van der Waals surface area contributed by atoms with E-state index in [2.05, 4.69) is 10.6 Å². The summed E-state index contributed by atoms with van der Waals surface area (Å²) in [4.78, 5) is 21.9. The molecule has 0 fully saturated rings. The molecule has 0 atom stereocenters. The third-order valence-electron chi connectivity index (χ3n) is 2.97. The number of benzene rings is 2. The predicted molar refractivity (Wildman–Crippen MR) is 81.4 cm³/mol. The Morgan fingerprint density at radius 1 is 1.23 bits per heavy atom. The third kappa shape index (κ3) is 4.02. The number of rotatable bonds is 5. The molecule has 0 radical (unpaired) electrons. The SMILES string of the molecule is Cc1ccc(NC(=O)CNc2cccc([N+](=O)[O-])c2)cc1F. The number of non-ortho nitro benzene ring substituents is 1. The maximum absolute atomic E-state index is 13.4. The Hall–Kier alpha value is -2.96. The van der Waals surface area contributed by atoms with Crippen LogP contribution in [0.15, 0.2) is 42.5 Å². The number of amides is 1. The van der Waals surface area contributed by atoms with E-state index in [4.69, 9.17) is 0 Å². The molecule has 2 aromatic rings. The topological polar surface area (TPSA) is 84.3 Å². The summed E-state index contributed by atoms with van der Waals surface area (Å²) in [5, 5.41) is 16.0. The van der Waals surface area contributed by atoms with Crippen molar-refractivity contribution in [2.45, 2.75) is 6.92 Å². The predicted octanol–water partition coefficient (Wildman–Crippen LogP) is 3.09. The zero-order chi connectivity index (χ0) is 16.1. The zero-order valence-corrected chi connectivity index (χ0v) is 11.8. The Morgan fingerprint density at radius 3 is 2.68 bits per heavy atom. The number of nitrogens with one attached hydrogen (secondary N) is 2. The molecule has 6 nitrogen and oxygen atoms in total. The van der Waals surface area contributed by atoms with Crippen LogP contribution in [0.25, 0.3) is 0 Å². The van der Waals surface area contributed by atoms with Gasteiger partial charge in [-0.25, -0.2) is 4.39 Å². The quantitative estimate of drug-likeness (QED) is 0.656. The van der Waals surface area contributed by atoms with Crippen molar-refractivity contribution in [3.05, 3.63) is 64.0 Å². The summed E-state index contributed by atoms with van der Waals surface area (Å²) in [6, 6.07) is 10.2. The number of nitro benzene ring substituents is 1. The largest absolute Gasteiger partial charge is 0.376 e. The van der Waals surface area contributed by atoms with E-state index in [-0.39, 0.29) is 18.1 Å². The molecule has 2 aromatic carbocycles. The van der Waals surface area contributed by atoms with E-state index in [0.29, 0.717) is 16.9 Å². The molecule has 0 aliphatic heterocycles. The van der Waals surface area contributed by atoms with E-state index >= 15 is 0 Å². The number of carbonyl (C=O) groups is 1. The number of nitrogens with zero attached hydrogens (tertiary/aromatic N) is 1. The molecule has 22 heavy (non-hydrogen) atoms. The molecule has 0 unspecified atom stereocenters. The number of hydrogen-bond acceptors (Lipinski definition) is 4. The molecule has 0 bridgehead atoms. The van der Waals surface area contributed by atoms with Gasteiger partial charge in [0, 0.05) is 23.5 Å². The highest BCUT2D eigenvalue weighted by molar-refractivity contribution is 5.93. The number of nitro groups is 1. The average Bonchev–Trinajstić information content (AvgIpc) is 2.49. The van der Waals surface area contributed by atoms with Gasteiger partial charge in [0.2, 0.25) is 5.91 Å². The minimum absolute atomic E-state index is 0.0639. The second-order valence-corrected chi connectivity index (χ2v) is 4.67. The van der Waals surface area contributed by atoms with Crippen LogP contribution in [0.5, 0.6) is 0 Å². The van der Waals surface area contributed by atoms with Gasteiger partial charge in [-0.2, -0.15) is 0 Å². The molecule has 0 aliphatic rings. The molecule has 0 spiro atoms. The van der Waals surface area contributed by atoms with Crippen molar-refractivity contribution in [1.29, 1.82) is 0 Å². The van der Waals surface area contributed by atoms with Gasteiger partial charge in [0.1, 0.15) is 5.82 Å². The smallest absolute Gasteiger partial charge is 0.271 e. The first-order valence-electron chi connectivity index (χ1n) is 6.50. The van der Waals surface area contributed by atoms with Gasteiger partial charge in [-0.15, -0.1) is 0 Å². The lowest BCUT2D eigenvalue weighted by molar-refractivity contribution is -0.384. The van der Waals surface area contributed by atoms with Crippen molar-refractivity contribution in [2.24, 2.45) is 0 Å². The van der Waals surface area contributed by atoms with E-state index in [0.717, 1.165) is 0 Å². The van der Waals surface area contributed by atoms with Crippen LogP contribution in [0.4, 0.5) is 21.5 Å². The molecule has 0 aliphatic carbocycles. The first-order valence-corrected chi connectivity index (χ1v) is 6.50. The average molecular weight is 303 g/mol. The Balaban J connectivity index is 1.94. The van der Waals surface area contributed by atoms with Crippen LogP contribution in [-0.2, 0) is 4.79 Å². The van der Waals surface area contributed by atoms with Crippen LogP contribution in [0.2, 0.25) is 0 Å². The molecule has 7 heteroatoms. The standard InChI is InChI=1S/C15H14FN3O3/c1-10-5-6-12(8-14(10)16)18-15(20)9-17-11-3-2-4-13(7-11)19(21)22/h2-8,17H,9H2,1H3,(H,18,20). The zero-order valence-electron chi connectivity index (χ0n) is 11.8. The molecule has 0 saturated carbocycles. The van der Waals surface area contributed by atoms with Crippen LogP contribution in [-0.4, -0.2) is 17.4 Å². The third-order valence-corrected chi connectivity index (χ3v) is 2.97. The lowest BCUT2D eigenvalue weighted by Gasteiger charge is -2.08. The lowest BCUT2D eigenvalue weighted by atomic mass is 10.2. The van der Waals surface area contributed by atoms with Crippen molar-refractivity contribution in [1.82, 2.24) is 0 Å². The number of aryl methyl sites for hydroxylation is 1. The van der Waals surface area contributed by atoms with Crippen LogP contribution in [0.3, 0.4) is 0 Å². The monoisotopic (exact) mass is 303 g/mol. The summed E-state index contributed by atoms with van der Waals surface area (Å²) < 4.78 is 13.4. The molecule has 0 saturated heterocycles. The summed E-state index contributed by atoms with van der Waals surface area (Å²) in [6.07, 6.45) is 0. The minimum Gasteiger partial charge on any atom is -0.376 e. The first kappa shape index (κ1) is 15.4. The second kappa shape index (κ2) is 6.66. The Labute approximate surface area is 126 Å². The molecule has 2 N–H and O–H groups in total. The highest BCUT2D eigenvalue weighted by Gasteiger charge is 2.07. The fourth-order valence-electron chi connectivity index (χ4n) is 1.79. The van der Waals surface area contributed by atoms with Crippen molar-refractivity contribution in [3.63, 3.8) is 0 Å². The van der Waals surface area contributed by atoms with Gasteiger partial charge in [0.15, 0.2) is 0 Å². The van der Waals surface area contributed by atoms with E-state index in [1.54, 1.807) is 25.1 Å². The van der Waals surface area contributed by atoms with Crippen molar-refractivity contribution >= 4 is 23.0 Å². The van der Waals surface area contributed by atoms with Crippen molar-refractivity contribution in [2.75, 3.05) is 17.2 Å². The number of hydrogen-bond donors (Lipinski definition) is 2. The van der Waals surface area contributed by atoms with E-state index in [9.17, 15) is 19.3 Å². The molecule has 114 valence electrons. The molecule has 0 aromatic heterocycles. The van der Waals surface area contributed by atoms with Crippen molar-refractivity contribution in [3.8, 4) is 0 Å². The lowest BCUT2D eigenvalue weighted by Crippen LogP contribution is -2.21. The summed E-state index contributed by atoms with van der Waals surface area (Å²) >= 11 is 0. The van der Waals surface area contributed by atoms with Gasteiger partial charge >= 0.3 is 0 Å². The van der Waals surface area contributed by atoms with Gasteiger partial charge in [-0.3, -0.25) is 14.9 Å². The highest BCUT2D eigenvalue weighted by atomic mass is 19.1. The second-order valence-electron chi connectivity index (χ2n) is 4.67. The number of carbonyl (C=O) groups excluding carboxylic acids is 1. The highest BCUT2D eigenvalue weighted by Crippen LogP contribution is 2.17. The maximum atomic E-state index is 13.4. The molecule has 2 rings (SSSR count). The summed E-state index contributed by atoms with van der Waals surface area (Å²) in [6.45, 7) is 1.54. The molecular weight excluding hydrogens is 289 g/mol. The first-order chi connectivity index (χ1) is 10.5. The Kier molecular flexibility index (Phi) is 4.67. The molecular formula is C15H14FN3O3. The van der Waals surface area contributed by atoms with Gasteiger partial charge in [0.05, 0.1) is 11.5 Å². The van der Waals surface area contributed by atoms with Crippen LogP contribution < -0.4 is 10.6 Å². The van der Waals surface area contributed by atoms with E-state index < -0.39 is 10.7 Å². The summed E-state index contributed by atoms with van der Waals surface area (Å²) in [7, 11) is 0. The van der Waals surface area contributed by atoms with Crippen molar-refractivity contribution < 1.29 is 14.1 Å². The fourth-order valence-corrected chi connectivity index (χ4v) is 1.79.